The summed E-state index contributed by atoms with van der Waals surface area (Å²) in [5, 5.41) is 11.1. The Balaban J connectivity index is 1.41. The average Bonchev–Trinajstić information content (AvgIpc) is 3.12. The topological polar surface area (TPSA) is 101 Å². The number of carbonyl (C=O) groups is 2. The van der Waals surface area contributed by atoms with Crippen LogP contribution in [-0.4, -0.2) is 62.0 Å². The highest BCUT2D eigenvalue weighted by Gasteiger charge is 2.44. The third kappa shape index (κ3) is 11.2. The van der Waals surface area contributed by atoms with E-state index in [1.807, 2.05) is 50.2 Å². The first-order valence-corrected chi connectivity index (χ1v) is 23.7. The van der Waals surface area contributed by atoms with Gasteiger partial charge in [0.2, 0.25) is 0 Å². The lowest BCUT2D eigenvalue weighted by Gasteiger charge is -2.43. The van der Waals surface area contributed by atoms with E-state index in [-0.39, 0.29) is 65.4 Å². The van der Waals surface area contributed by atoms with Gasteiger partial charge in [0.1, 0.15) is 24.0 Å². The second kappa shape index (κ2) is 18.5. The molecule has 2 aromatic carbocycles. The molecule has 0 amide bonds. The molecule has 0 radical (unpaired) electrons. The standard InChI is InChI=1S/C45H68O8Si/c1-31-26-27-35-22-14-21-34(50-35)20-12-18-33-19-13-24-38(46)41(33)42(47)52-37(29-39(31)53-54(7,8)44(2,3)4)28-36-23-15-25-40(51-36)45(5,6)43(48)49-30-32-16-10-9-11-17-32/h9-11,13,16-17,19,24,31,34-37,39-40,46H,12,14-15,18,20-23,25-30H2,1-8H3/t31-,34-,35-,36-,37?,39+,40+/m0/s1. The van der Waals surface area contributed by atoms with Crippen LogP contribution in [0.1, 0.15) is 140 Å². The number of benzene rings is 2. The number of esters is 2. The molecule has 2 fully saturated rings. The molecular formula is C45H68O8Si. The number of cyclic esters (lactones) is 1. The molecule has 0 saturated carbocycles. The molecular weight excluding hydrogens is 697 g/mol. The second-order valence-electron chi connectivity index (χ2n) is 18.4. The van der Waals surface area contributed by atoms with Gasteiger partial charge in [-0.25, -0.2) is 4.79 Å². The van der Waals surface area contributed by atoms with Crippen LogP contribution in [0.5, 0.6) is 5.75 Å². The number of phenolic OH excluding ortho intramolecular Hbond substituents is 1. The van der Waals surface area contributed by atoms with Crippen LogP contribution >= 0.6 is 0 Å². The first kappa shape index (κ1) is 42.4. The van der Waals surface area contributed by atoms with Crippen LogP contribution in [0.4, 0.5) is 0 Å². The molecule has 54 heavy (non-hydrogen) atoms. The highest BCUT2D eigenvalue weighted by Crippen LogP contribution is 2.41. The van der Waals surface area contributed by atoms with Gasteiger partial charge in [-0.2, -0.15) is 0 Å². The Hall–Kier alpha value is -2.72. The molecule has 3 heterocycles. The van der Waals surface area contributed by atoms with E-state index >= 15 is 0 Å². The molecule has 9 heteroatoms. The van der Waals surface area contributed by atoms with Gasteiger partial charge in [-0.3, -0.25) is 4.79 Å². The summed E-state index contributed by atoms with van der Waals surface area (Å²) in [6.07, 6.45) is 10.3. The first-order chi connectivity index (χ1) is 25.5. The highest BCUT2D eigenvalue weighted by molar-refractivity contribution is 6.74. The van der Waals surface area contributed by atoms with Gasteiger partial charge in [-0.15, -0.1) is 0 Å². The van der Waals surface area contributed by atoms with Crippen LogP contribution < -0.4 is 0 Å². The summed E-state index contributed by atoms with van der Waals surface area (Å²) < 4.78 is 33.0. The van der Waals surface area contributed by atoms with Gasteiger partial charge in [0.05, 0.1) is 35.9 Å². The molecule has 2 saturated heterocycles. The number of phenols is 1. The molecule has 2 bridgehead atoms. The second-order valence-corrected chi connectivity index (χ2v) is 23.2. The summed E-state index contributed by atoms with van der Waals surface area (Å²) >= 11 is 0. The molecule has 3 aliphatic heterocycles. The van der Waals surface area contributed by atoms with Crippen molar-refractivity contribution in [3.05, 3.63) is 65.2 Å². The summed E-state index contributed by atoms with van der Waals surface area (Å²) in [5.74, 6) is -0.648. The molecule has 8 nitrogen and oxygen atoms in total. The Kier molecular flexibility index (Phi) is 14.5. The fourth-order valence-electron chi connectivity index (χ4n) is 8.14. The van der Waals surface area contributed by atoms with Gasteiger partial charge in [0.15, 0.2) is 8.32 Å². The average molecular weight is 765 g/mol. The molecule has 1 unspecified atom stereocenters. The number of fused-ring (bicyclic) bond motifs is 3. The smallest absolute Gasteiger partial charge is 0.342 e. The summed E-state index contributed by atoms with van der Waals surface area (Å²) in [7, 11) is -2.22. The predicted molar refractivity (Wildman–Crippen MR) is 215 cm³/mol. The lowest BCUT2D eigenvalue weighted by atomic mass is 9.81. The molecule has 7 atom stereocenters. The molecule has 0 aliphatic carbocycles. The minimum atomic E-state index is -2.22. The third-order valence-electron chi connectivity index (χ3n) is 12.8. The van der Waals surface area contributed by atoms with Gasteiger partial charge in [0, 0.05) is 12.8 Å². The van der Waals surface area contributed by atoms with E-state index in [1.54, 1.807) is 12.1 Å². The summed E-state index contributed by atoms with van der Waals surface area (Å²) in [4.78, 5) is 27.7. The Morgan fingerprint density at radius 1 is 0.833 bits per heavy atom. The maximum atomic E-state index is 14.2. The fraction of sp³-hybridized carbons (Fsp3) is 0.689. The summed E-state index contributed by atoms with van der Waals surface area (Å²) in [6, 6.07) is 15.0. The molecule has 300 valence electrons. The maximum Gasteiger partial charge on any atom is 0.342 e. The van der Waals surface area contributed by atoms with Gasteiger partial charge < -0.3 is 28.5 Å². The van der Waals surface area contributed by atoms with Crippen molar-refractivity contribution in [1.29, 1.82) is 0 Å². The number of aromatic hydroxyl groups is 1. The van der Waals surface area contributed by atoms with Gasteiger partial charge in [0.25, 0.3) is 0 Å². The van der Waals surface area contributed by atoms with Crippen LogP contribution in [0.15, 0.2) is 48.5 Å². The van der Waals surface area contributed by atoms with E-state index in [1.165, 1.54) is 6.42 Å². The van der Waals surface area contributed by atoms with Crippen molar-refractivity contribution < 1.29 is 38.1 Å². The monoisotopic (exact) mass is 764 g/mol. The number of aryl methyl sites for hydroxylation is 1. The van der Waals surface area contributed by atoms with Gasteiger partial charge in [-0.1, -0.05) is 70.2 Å². The number of hydrogen-bond donors (Lipinski definition) is 1. The molecule has 0 aromatic heterocycles. The largest absolute Gasteiger partial charge is 0.507 e. The molecule has 5 rings (SSSR count). The zero-order valence-electron chi connectivity index (χ0n) is 34.4. The van der Waals surface area contributed by atoms with Crippen molar-refractivity contribution in [3.8, 4) is 5.75 Å². The van der Waals surface area contributed by atoms with E-state index in [2.05, 4.69) is 40.8 Å². The normalized spacial score (nSPS) is 28.1. The predicted octanol–water partition coefficient (Wildman–Crippen LogP) is 10.5. The van der Waals surface area contributed by atoms with Crippen LogP contribution in [0, 0.1) is 11.3 Å². The van der Waals surface area contributed by atoms with E-state index in [4.69, 9.17) is 23.4 Å². The number of carbonyl (C=O) groups excluding carboxylic acids is 2. The maximum absolute atomic E-state index is 14.2. The van der Waals surface area contributed by atoms with E-state index in [0.717, 1.165) is 68.9 Å². The van der Waals surface area contributed by atoms with Crippen molar-refractivity contribution >= 4 is 20.3 Å². The fourth-order valence-corrected chi connectivity index (χ4v) is 9.58. The lowest BCUT2D eigenvalue weighted by Crippen LogP contribution is -2.47. The van der Waals surface area contributed by atoms with Crippen molar-refractivity contribution in [2.24, 2.45) is 11.3 Å². The number of rotatable bonds is 8. The highest BCUT2D eigenvalue weighted by atomic mass is 28.4. The summed E-state index contributed by atoms with van der Waals surface area (Å²) in [5.41, 5.74) is 1.12. The third-order valence-corrected chi connectivity index (χ3v) is 17.3. The van der Waals surface area contributed by atoms with Crippen molar-refractivity contribution in [3.63, 3.8) is 0 Å². The molecule has 2 aromatic rings. The quantitative estimate of drug-likeness (QED) is 0.209. The van der Waals surface area contributed by atoms with Crippen LogP contribution in [-0.2, 0) is 41.2 Å². The van der Waals surface area contributed by atoms with E-state index < -0.39 is 25.8 Å². The minimum Gasteiger partial charge on any atom is -0.507 e. The minimum absolute atomic E-state index is 0.00101. The van der Waals surface area contributed by atoms with Crippen LogP contribution in [0.2, 0.25) is 18.1 Å². The molecule has 1 N–H and O–H groups in total. The van der Waals surface area contributed by atoms with E-state index in [9.17, 15) is 14.7 Å². The Bertz CT molecular complexity index is 1520. The Morgan fingerprint density at radius 2 is 1.52 bits per heavy atom. The first-order valence-electron chi connectivity index (χ1n) is 20.7. The van der Waals surface area contributed by atoms with Gasteiger partial charge in [-0.05, 0) is 126 Å². The van der Waals surface area contributed by atoms with Crippen molar-refractivity contribution in [1.82, 2.24) is 0 Å². The van der Waals surface area contributed by atoms with E-state index in [0.29, 0.717) is 19.3 Å². The lowest BCUT2D eigenvalue weighted by molar-refractivity contribution is -0.174. The Morgan fingerprint density at radius 3 is 2.24 bits per heavy atom. The molecule has 3 aliphatic rings. The van der Waals surface area contributed by atoms with Crippen LogP contribution in [0.25, 0.3) is 0 Å². The zero-order chi connectivity index (χ0) is 39.1. The Labute approximate surface area is 326 Å². The van der Waals surface area contributed by atoms with Crippen molar-refractivity contribution in [2.75, 3.05) is 0 Å². The molecule has 0 spiro atoms. The SMILES string of the molecule is C[C@H]1CC[C@@H]2CCC[C@H](CCCc3cccc(O)c3C(=O)OC(C[C@@H]3CCC[C@H](C(C)(C)C(=O)OCc4ccccc4)O3)C[C@H]1O[Si](C)(C)C(C)(C)C)O2. The van der Waals surface area contributed by atoms with Crippen LogP contribution in [0.3, 0.4) is 0 Å². The van der Waals surface area contributed by atoms with Crippen molar-refractivity contribution in [2.45, 2.75) is 186 Å². The van der Waals surface area contributed by atoms with Gasteiger partial charge >= 0.3 is 11.9 Å². The summed E-state index contributed by atoms with van der Waals surface area (Å²) in [6.45, 7) is 17.7. The number of hydrogen-bond acceptors (Lipinski definition) is 8. The number of ether oxygens (including phenoxy) is 4. The zero-order valence-corrected chi connectivity index (χ0v) is 35.4.